The minimum atomic E-state index is -0.129. The molecule has 0 unspecified atom stereocenters. The molecule has 2 aromatic heterocycles. The fourth-order valence-electron chi connectivity index (χ4n) is 1.09. The van der Waals surface area contributed by atoms with Crippen LogP contribution in [0.5, 0.6) is 11.7 Å². The Hall–Kier alpha value is -2.10. The predicted molar refractivity (Wildman–Crippen MR) is 53.0 cm³/mol. The quantitative estimate of drug-likeness (QED) is 0.719. The van der Waals surface area contributed by atoms with E-state index in [1.807, 2.05) is 0 Å². The summed E-state index contributed by atoms with van der Waals surface area (Å²) in [5.41, 5.74) is 0. The largest absolute Gasteiger partial charge is 0.424 e. The molecule has 0 amide bonds. The van der Waals surface area contributed by atoms with Gasteiger partial charge in [0.15, 0.2) is 11.5 Å². The van der Waals surface area contributed by atoms with Crippen molar-refractivity contribution in [1.29, 1.82) is 0 Å². The number of hydrogen-bond donors (Lipinski definition) is 0. The van der Waals surface area contributed by atoms with E-state index >= 15 is 0 Å². The first-order valence-electron chi connectivity index (χ1n) is 4.44. The number of hydrogen-bond acceptors (Lipinski definition) is 4. The molecule has 0 saturated carbocycles. The molecule has 15 heavy (non-hydrogen) atoms. The number of pyridine rings is 1. The van der Waals surface area contributed by atoms with Gasteiger partial charge in [-0.25, -0.2) is 0 Å². The van der Waals surface area contributed by atoms with E-state index in [4.69, 9.17) is 9.15 Å². The molecule has 0 radical (unpaired) electrons. The van der Waals surface area contributed by atoms with E-state index in [1.165, 1.54) is 6.92 Å². The molecule has 0 aliphatic heterocycles. The van der Waals surface area contributed by atoms with Crippen molar-refractivity contribution in [2.24, 2.45) is 0 Å². The average Bonchev–Trinajstić information content (AvgIpc) is 2.68. The molecular weight excluding hydrogens is 194 g/mol. The summed E-state index contributed by atoms with van der Waals surface area (Å²) in [5, 5.41) is 0. The molecule has 2 rings (SSSR count). The van der Waals surface area contributed by atoms with Crippen LogP contribution >= 0.6 is 0 Å². The van der Waals surface area contributed by atoms with Gasteiger partial charge in [-0.1, -0.05) is 0 Å². The standard InChI is InChI=1S/C11H9NO3/c1-8(13)10-4-5-11(15-10)14-9-3-2-6-12-7-9/h2-7H,1H3. The van der Waals surface area contributed by atoms with Gasteiger partial charge >= 0.3 is 0 Å². The third kappa shape index (κ3) is 2.22. The maximum absolute atomic E-state index is 10.9. The summed E-state index contributed by atoms with van der Waals surface area (Å²) in [6.07, 6.45) is 3.21. The summed E-state index contributed by atoms with van der Waals surface area (Å²) in [5.74, 6) is 1.01. The summed E-state index contributed by atoms with van der Waals surface area (Å²) in [6.45, 7) is 1.44. The smallest absolute Gasteiger partial charge is 0.290 e. The maximum atomic E-state index is 10.9. The summed E-state index contributed by atoms with van der Waals surface area (Å²) >= 11 is 0. The van der Waals surface area contributed by atoms with Crippen LogP contribution in [0.15, 0.2) is 41.1 Å². The number of furan rings is 1. The molecule has 0 bridgehead atoms. The molecule has 4 nitrogen and oxygen atoms in total. The Bertz CT molecular complexity index is 462. The zero-order chi connectivity index (χ0) is 10.7. The number of carbonyl (C=O) groups excluding carboxylic acids is 1. The highest BCUT2D eigenvalue weighted by Crippen LogP contribution is 2.22. The Labute approximate surface area is 86.5 Å². The van der Waals surface area contributed by atoms with Crippen molar-refractivity contribution in [2.45, 2.75) is 6.92 Å². The van der Waals surface area contributed by atoms with Gasteiger partial charge in [0.25, 0.3) is 5.95 Å². The number of aromatic nitrogens is 1. The van der Waals surface area contributed by atoms with E-state index in [2.05, 4.69) is 4.98 Å². The van der Waals surface area contributed by atoms with Gasteiger partial charge in [0, 0.05) is 19.2 Å². The Balaban J connectivity index is 2.15. The Morgan fingerprint density at radius 2 is 2.27 bits per heavy atom. The first-order valence-corrected chi connectivity index (χ1v) is 4.44. The Morgan fingerprint density at radius 1 is 1.40 bits per heavy atom. The second-order valence-electron chi connectivity index (χ2n) is 2.97. The van der Waals surface area contributed by atoms with Gasteiger partial charge in [0.1, 0.15) is 5.75 Å². The second-order valence-corrected chi connectivity index (χ2v) is 2.97. The van der Waals surface area contributed by atoms with E-state index in [0.717, 1.165) is 0 Å². The van der Waals surface area contributed by atoms with E-state index in [1.54, 1.807) is 36.7 Å². The van der Waals surface area contributed by atoms with Gasteiger partial charge in [-0.15, -0.1) is 0 Å². The highest BCUT2D eigenvalue weighted by atomic mass is 16.6. The summed E-state index contributed by atoms with van der Waals surface area (Å²) < 4.78 is 10.5. The minimum absolute atomic E-state index is 0.129. The lowest BCUT2D eigenvalue weighted by Gasteiger charge is -1.99. The molecule has 4 heteroatoms. The Morgan fingerprint density at radius 3 is 2.87 bits per heavy atom. The number of ketones is 1. The van der Waals surface area contributed by atoms with Crippen LogP contribution in [0, 0.1) is 0 Å². The maximum Gasteiger partial charge on any atom is 0.290 e. The summed E-state index contributed by atoms with van der Waals surface area (Å²) in [7, 11) is 0. The molecule has 0 aromatic carbocycles. The highest BCUT2D eigenvalue weighted by molar-refractivity contribution is 5.91. The zero-order valence-corrected chi connectivity index (χ0v) is 8.14. The van der Waals surface area contributed by atoms with Crippen molar-refractivity contribution in [3.05, 3.63) is 42.4 Å². The number of ether oxygens (including phenoxy) is 1. The number of nitrogens with zero attached hydrogens (tertiary/aromatic N) is 1. The lowest BCUT2D eigenvalue weighted by Crippen LogP contribution is -1.86. The van der Waals surface area contributed by atoms with Crippen LogP contribution < -0.4 is 4.74 Å². The lowest BCUT2D eigenvalue weighted by atomic mass is 10.3. The third-order valence-electron chi connectivity index (χ3n) is 1.78. The predicted octanol–water partition coefficient (Wildman–Crippen LogP) is 2.67. The average molecular weight is 203 g/mol. The molecule has 0 fully saturated rings. The van der Waals surface area contributed by atoms with E-state index < -0.39 is 0 Å². The second kappa shape index (κ2) is 3.96. The van der Waals surface area contributed by atoms with Crippen LogP contribution in [0.1, 0.15) is 17.5 Å². The molecular formula is C11H9NO3. The summed E-state index contributed by atoms with van der Waals surface area (Å²) in [6, 6.07) is 6.69. The first-order chi connectivity index (χ1) is 7.25. The van der Waals surface area contributed by atoms with Crippen molar-refractivity contribution < 1.29 is 13.9 Å². The molecule has 76 valence electrons. The fraction of sp³-hybridized carbons (Fsp3) is 0.0909. The van der Waals surface area contributed by atoms with Crippen molar-refractivity contribution in [3.63, 3.8) is 0 Å². The molecule has 0 N–H and O–H groups in total. The van der Waals surface area contributed by atoms with Crippen molar-refractivity contribution in [1.82, 2.24) is 4.98 Å². The highest BCUT2D eigenvalue weighted by Gasteiger charge is 2.07. The molecule has 2 aromatic rings. The molecule has 0 aliphatic carbocycles. The Kier molecular flexibility index (Phi) is 2.49. The molecule has 0 atom stereocenters. The monoisotopic (exact) mass is 203 g/mol. The third-order valence-corrected chi connectivity index (χ3v) is 1.78. The van der Waals surface area contributed by atoms with E-state index in [0.29, 0.717) is 5.75 Å². The van der Waals surface area contributed by atoms with Crippen LogP contribution in [0.3, 0.4) is 0 Å². The van der Waals surface area contributed by atoms with Crippen LogP contribution in [0.25, 0.3) is 0 Å². The SMILES string of the molecule is CC(=O)c1ccc(Oc2cccnc2)o1. The van der Waals surface area contributed by atoms with Gasteiger partial charge in [-0.05, 0) is 18.2 Å². The molecule has 2 heterocycles. The number of Topliss-reactive ketones (excluding diaryl/α,β-unsaturated/α-hetero) is 1. The molecule has 0 saturated heterocycles. The number of rotatable bonds is 3. The van der Waals surface area contributed by atoms with E-state index in [-0.39, 0.29) is 17.5 Å². The van der Waals surface area contributed by atoms with Crippen LogP contribution in [0.2, 0.25) is 0 Å². The minimum Gasteiger partial charge on any atom is -0.424 e. The van der Waals surface area contributed by atoms with Crippen molar-refractivity contribution >= 4 is 5.78 Å². The van der Waals surface area contributed by atoms with Crippen LogP contribution in [-0.4, -0.2) is 10.8 Å². The topological polar surface area (TPSA) is 52.3 Å². The van der Waals surface area contributed by atoms with Gasteiger partial charge in [-0.2, -0.15) is 0 Å². The summed E-state index contributed by atoms with van der Waals surface area (Å²) in [4.78, 5) is 14.8. The number of carbonyl (C=O) groups is 1. The van der Waals surface area contributed by atoms with Gasteiger partial charge < -0.3 is 9.15 Å². The lowest BCUT2D eigenvalue weighted by molar-refractivity contribution is 0.0982. The van der Waals surface area contributed by atoms with Gasteiger partial charge in [0.2, 0.25) is 0 Å². The van der Waals surface area contributed by atoms with Gasteiger partial charge in [-0.3, -0.25) is 9.78 Å². The molecule has 0 aliphatic rings. The van der Waals surface area contributed by atoms with Gasteiger partial charge in [0.05, 0.1) is 6.20 Å². The van der Waals surface area contributed by atoms with Crippen LogP contribution in [-0.2, 0) is 0 Å². The van der Waals surface area contributed by atoms with E-state index in [9.17, 15) is 4.79 Å². The van der Waals surface area contributed by atoms with Crippen LogP contribution in [0.4, 0.5) is 0 Å². The first kappa shape index (κ1) is 9.45. The van der Waals surface area contributed by atoms with Crippen molar-refractivity contribution in [3.8, 4) is 11.7 Å². The zero-order valence-electron chi connectivity index (χ0n) is 8.14. The van der Waals surface area contributed by atoms with Crippen molar-refractivity contribution in [2.75, 3.05) is 0 Å². The normalized spacial score (nSPS) is 9.93. The fourth-order valence-corrected chi connectivity index (χ4v) is 1.09. The molecule has 0 spiro atoms.